The Labute approximate surface area is 145 Å². The third kappa shape index (κ3) is 3.52. The summed E-state index contributed by atoms with van der Waals surface area (Å²) >= 11 is 6.23. The third-order valence-electron chi connectivity index (χ3n) is 4.11. The number of aromatic nitrogens is 3. The number of halogens is 1. The molecule has 1 saturated heterocycles. The highest BCUT2D eigenvalue weighted by Gasteiger charge is 2.23. The number of hydrogen-bond donors (Lipinski definition) is 1. The molecule has 24 heavy (non-hydrogen) atoms. The first-order valence-electron chi connectivity index (χ1n) is 7.82. The SMILES string of the molecule is COc1ccc(Cl)c(-c2cn(CC(=O)N3CCNCC3C)nn2)c1. The Balaban J connectivity index is 1.75. The van der Waals surface area contributed by atoms with Gasteiger partial charge >= 0.3 is 0 Å². The lowest BCUT2D eigenvalue weighted by molar-refractivity contribution is -0.134. The van der Waals surface area contributed by atoms with Gasteiger partial charge in [-0.3, -0.25) is 4.79 Å². The Morgan fingerprint density at radius 2 is 2.33 bits per heavy atom. The Bertz CT molecular complexity index is 733. The molecule has 2 aromatic rings. The summed E-state index contributed by atoms with van der Waals surface area (Å²) in [5.74, 6) is 0.729. The van der Waals surface area contributed by atoms with Gasteiger partial charge in [0.05, 0.1) is 18.3 Å². The zero-order chi connectivity index (χ0) is 17.1. The van der Waals surface area contributed by atoms with Gasteiger partial charge in [-0.25, -0.2) is 4.68 Å². The van der Waals surface area contributed by atoms with Crippen LogP contribution in [0.4, 0.5) is 0 Å². The normalized spacial score (nSPS) is 17.8. The molecule has 128 valence electrons. The van der Waals surface area contributed by atoms with Crippen molar-refractivity contribution in [1.82, 2.24) is 25.2 Å². The molecule has 1 aliphatic rings. The molecule has 0 aliphatic carbocycles. The van der Waals surface area contributed by atoms with Crippen molar-refractivity contribution in [3.05, 3.63) is 29.4 Å². The number of nitrogens with one attached hydrogen (secondary N) is 1. The molecule has 1 amide bonds. The lowest BCUT2D eigenvalue weighted by Gasteiger charge is -2.33. The molecular formula is C16H20ClN5O2. The van der Waals surface area contributed by atoms with Crippen molar-refractivity contribution in [2.75, 3.05) is 26.7 Å². The fourth-order valence-electron chi connectivity index (χ4n) is 2.77. The monoisotopic (exact) mass is 349 g/mol. The van der Waals surface area contributed by atoms with E-state index in [0.717, 1.165) is 18.7 Å². The van der Waals surface area contributed by atoms with Crippen LogP contribution in [-0.2, 0) is 11.3 Å². The zero-order valence-electron chi connectivity index (χ0n) is 13.7. The van der Waals surface area contributed by atoms with Crippen molar-refractivity contribution in [3.8, 4) is 17.0 Å². The Morgan fingerprint density at radius 1 is 1.50 bits per heavy atom. The first-order valence-corrected chi connectivity index (χ1v) is 8.20. The highest BCUT2D eigenvalue weighted by Crippen LogP contribution is 2.29. The topological polar surface area (TPSA) is 72.3 Å². The largest absolute Gasteiger partial charge is 0.497 e. The maximum absolute atomic E-state index is 12.5. The summed E-state index contributed by atoms with van der Waals surface area (Å²) in [7, 11) is 1.59. The minimum absolute atomic E-state index is 0.0391. The van der Waals surface area contributed by atoms with Gasteiger partial charge < -0.3 is 15.0 Å². The van der Waals surface area contributed by atoms with Crippen LogP contribution in [-0.4, -0.2) is 58.6 Å². The van der Waals surface area contributed by atoms with Crippen molar-refractivity contribution < 1.29 is 9.53 Å². The molecule has 0 saturated carbocycles. The number of methoxy groups -OCH3 is 1. The van der Waals surface area contributed by atoms with Crippen LogP contribution in [0.1, 0.15) is 6.92 Å². The van der Waals surface area contributed by atoms with Crippen LogP contribution in [0.15, 0.2) is 24.4 Å². The molecule has 7 nitrogen and oxygen atoms in total. The van der Waals surface area contributed by atoms with E-state index in [1.54, 1.807) is 36.2 Å². The standard InChI is InChI=1S/C16H20ClN5O2/c1-11-8-18-5-6-22(11)16(23)10-21-9-15(19-20-21)13-7-12(24-2)3-4-14(13)17/h3-4,7,9,11,18H,5-6,8,10H2,1-2H3. The molecule has 1 aromatic carbocycles. The quantitative estimate of drug-likeness (QED) is 0.904. The number of ether oxygens (including phenoxy) is 1. The van der Waals surface area contributed by atoms with E-state index < -0.39 is 0 Å². The number of piperazine rings is 1. The van der Waals surface area contributed by atoms with E-state index in [2.05, 4.69) is 15.6 Å². The van der Waals surface area contributed by atoms with Gasteiger partial charge in [-0.15, -0.1) is 5.10 Å². The molecule has 1 aromatic heterocycles. The number of rotatable bonds is 4. The second-order valence-corrected chi connectivity index (χ2v) is 6.19. The van der Waals surface area contributed by atoms with Gasteiger partial charge in [0.2, 0.25) is 5.91 Å². The molecule has 0 radical (unpaired) electrons. The number of nitrogens with zero attached hydrogens (tertiary/aromatic N) is 4. The molecule has 2 heterocycles. The van der Waals surface area contributed by atoms with Gasteiger partial charge in [0.1, 0.15) is 18.0 Å². The predicted octanol–water partition coefficient (Wildman–Crippen LogP) is 1.43. The van der Waals surface area contributed by atoms with E-state index in [-0.39, 0.29) is 18.5 Å². The third-order valence-corrected chi connectivity index (χ3v) is 4.44. The van der Waals surface area contributed by atoms with Crippen LogP contribution in [0.25, 0.3) is 11.3 Å². The van der Waals surface area contributed by atoms with Crippen molar-refractivity contribution in [2.24, 2.45) is 0 Å². The minimum Gasteiger partial charge on any atom is -0.497 e. The van der Waals surface area contributed by atoms with Gasteiger partial charge in [0.15, 0.2) is 0 Å². The van der Waals surface area contributed by atoms with E-state index in [4.69, 9.17) is 16.3 Å². The molecule has 1 fully saturated rings. The number of amides is 1. The van der Waals surface area contributed by atoms with Gasteiger partial charge in [-0.05, 0) is 25.1 Å². The summed E-state index contributed by atoms with van der Waals surface area (Å²) in [6.07, 6.45) is 1.73. The summed E-state index contributed by atoms with van der Waals surface area (Å²) in [6, 6.07) is 5.52. The number of carbonyl (C=O) groups is 1. The number of hydrogen-bond acceptors (Lipinski definition) is 5. The van der Waals surface area contributed by atoms with E-state index in [0.29, 0.717) is 23.0 Å². The molecule has 3 rings (SSSR count). The number of benzene rings is 1. The Kier molecular flexibility index (Phi) is 5.01. The van der Waals surface area contributed by atoms with E-state index >= 15 is 0 Å². The maximum Gasteiger partial charge on any atom is 0.244 e. The first-order chi connectivity index (χ1) is 11.6. The lowest BCUT2D eigenvalue weighted by atomic mass is 10.1. The molecular weight excluding hydrogens is 330 g/mol. The van der Waals surface area contributed by atoms with Gasteiger partial charge in [-0.2, -0.15) is 0 Å². The van der Waals surface area contributed by atoms with E-state index in [9.17, 15) is 4.79 Å². The highest BCUT2D eigenvalue weighted by molar-refractivity contribution is 6.33. The first kappa shape index (κ1) is 16.7. The van der Waals surface area contributed by atoms with Crippen LogP contribution in [0.3, 0.4) is 0 Å². The molecule has 8 heteroatoms. The maximum atomic E-state index is 12.5. The van der Waals surface area contributed by atoms with E-state index in [1.807, 2.05) is 11.8 Å². The fourth-order valence-corrected chi connectivity index (χ4v) is 2.98. The summed E-state index contributed by atoms with van der Waals surface area (Å²) in [4.78, 5) is 14.3. The lowest BCUT2D eigenvalue weighted by Crippen LogP contribution is -2.53. The van der Waals surface area contributed by atoms with Gasteiger partial charge in [0, 0.05) is 31.2 Å². The Hall–Kier alpha value is -2.12. The average Bonchev–Trinajstić information content (AvgIpc) is 3.04. The average molecular weight is 350 g/mol. The van der Waals surface area contributed by atoms with Crippen LogP contribution in [0, 0.1) is 0 Å². The van der Waals surface area contributed by atoms with E-state index in [1.165, 1.54) is 0 Å². The van der Waals surface area contributed by atoms with Crippen molar-refractivity contribution in [3.63, 3.8) is 0 Å². The second kappa shape index (κ2) is 7.19. The molecule has 0 spiro atoms. The minimum atomic E-state index is 0.0391. The summed E-state index contributed by atoms with van der Waals surface area (Å²) < 4.78 is 6.76. The van der Waals surface area contributed by atoms with Crippen LogP contribution < -0.4 is 10.1 Å². The van der Waals surface area contributed by atoms with Gasteiger partial charge in [0.25, 0.3) is 0 Å². The van der Waals surface area contributed by atoms with Crippen molar-refractivity contribution >= 4 is 17.5 Å². The molecule has 1 N–H and O–H groups in total. The smallest absolute Gasteiger partial charge is 0.244 e. The van der Waals surface area contributed by atoms with Crippen LogP contribution in [0.2, 0.25) is 5.02 Å². The Morgan fingerprint density at radius 3 is 3.08 bits per heavy atom. The zero-order valence-corrected chi connectivity index (χ0v) is 14.5. The molecule has 1 unspecified atom stereocenters. The molecule has 0 bridgehead atoms. The highest BCUT2D eigenvalue weighted by atomic mass is 35.5. The van der Waals surface area contributed by atoms with Crippen molar-refractivity contribution in [1.29, 1.82) is 0 Å². The summed E-state index contributed by atoms with van der Waals surface area (Å²) in [5, 5.41) is 12.0. The molecule has 1 atom stereocenters. The van der Waals surface area contributed by atoms with Crippen LogP contribution in [0.5, 0.6) is 5.75 Å². The molecule has 1 aliphatic heterocycles. The number of carbonyl (C=O) groups excluding carboxylic acids is 1. The fraction of sp³-hybridized carbons (Fsp3) is 0.438. The predicted molar refractivity (Wildman–Crippen MR) is 91.1 cm³/mol. The van der Waals surface area contributed by atoms with Gasteiger partial charge in [-0.1, -0.05) is 16.8 Å². The summed E-state index contributed by atoms with van der Waals surface area (Å²) in [5.41, 5.74) is 1.34. The van der Waals surface area contributed by atoms with Crippen molar-refractivity contribution in [2.45, 2.75) is 19.5 Å². The second-order valence-electron chi connectivity index (χ2n) is 5.79. The summed E-state index contributed by atoms with van der Waals surface area (Å²) in [6.45, 7) is 4.54. The van der Waals surface area contributed by atoms with Crippen LogP contribution >= 0.6 is 11.6 Å².